The van der Waals surface area contributed by atoms with Crippen molar-refractivity contribution in [2.45, 2.75) is 13.8 Å². The predicted octanol–water partition coefficient (Wildman–Crippen LogP) is 4.94. The van der Waals surface area contributed by atoms with Crippen LogP contribution < -0.4 is 11.1 Å². The van der Waals surface area contributed by atoms with E-state index in [1.807, 2.05) is 0 Å². The summed E-state index contributed by atoms with van der Waals surface area (Å²) in [6.07, 6.45) is 7.46. The molecule has 0 saturated carbocycles. The Morgan fingerprint density at radius 1 is 1.08 bits per heavy atom. The normalized spacial score (nSPS) is 12.0. The van der Waals surface area contributed by atoms with Gasteiger partial charge in [-0.15, -0.1) is 0 Å². The Balaban J connectivity index is 2.15. The molecule has 0 heterocycles. The van der Waals surface area contributed by atoms with Gasteiger partial charge in [-0.05, 0) is 60.5 Å². The summed E-state index contributed by atoms with van der Waals surface area (Å²) in [4.78, 5) is 4.17. The van der Waals surface area contributed by atoms with E-state index in [0.717, 1.165) is 28.2 Å². The van der Waals surface area contributed by atoms with Gasteiger partial charge < -0.3 is 11.1 Å². The zero-order valence-electron chi connectivity index (χ0n) is 15.1. The summed E-state index contributed by atoms with van der Waals surface area (Å²) in [6.45, 7) is 8.22. The van der Waals surface area contributed by atoms with E-state index >= 15 is 0 Å². The smallest absolute Gasteiger partial charge is 0.0813 e. The van der Waals surface area contributed by atoms with Crippen molar-refractivity contribution in [3.8, 4) is 0 Å². The van der Waals surface area contributed by atoms with Crippen molar-refractivity contribution in [2.75, 3.05) is 12.4 Å². The molecule has 3 nitrogen and oxygen atoms in total. The highest BCUT2D eigenvalue weighted by Gasteiger charge is 2.04. The fourth-order valence-corrected chi connectivity index (χ4v) is 2.52. The number of aryl methyl sites for hydroxylation is 2. The standard InChI is InChI=1S/C22H25N3/c1-16-7-5-6-8-20(16)11-9-19-10-12-21(17(2)15-19)25-18(3)22(24-4)13-14-23/h5-15,25H,3,23H2,1-2,4H3/b11-9+,14-13?,24-22?. The quantitative estimate of drug-likeness (QED) is 0.581. The molecule has 2 rings (SSSR count). The van der Waals surface area contributed by atoms with Gasteiger partial charge in [-0.2, -0.15) is 0 Å². The molecule has 0 aliphatic carbocycles. The third-order valence-electron chi connectivity index (χ3n) is 3.98. The number of nitrogens with one attached hydrogen (secondary N) is 1. The van der Waals surface area contributed by atoms with Crippen LogP contribution in [0.15, 0.2) is 72.0 Å². The van der Waals surface area contributed by atoms with Crippen LogP contribution in [0.5, 0.6) is 0 Å². The molecule has 3 N–H and O–H groups in total. The molecule has 128 valence electrons. The van der Waals surface area contributed by atoms with Crippen molar-refractivity contribution in [3.05, 3.63) is 89.3 Å². The number of anilines is 1. The number of benzene rings is 2. The van der Waals surface area contributed by atoms with Crippen molar-refractivity contribution in [1.82, 2.24) is 0 Å². The number of rotatable bonds is 6. The van der Waals surface area contributed by atoms with E-state index in [-0.39, 0.29) is 0 Å². The van der Waals surface area contributed by atoms with E-state index in [9.17, 15) is 0 Å². The molecule has 0 fully saturated rings. The minimum absolute atomic E-state index is 0.718. The summed E-state index contributed by atoms with van der Waals surface area (Å²) in [5.41, 5.74) is 12.7. The summed E-state index contributed by atoms with van der Waals surface area (Å²) in [7, 11) is 1.72. The maximum absolute atomic E-state index is 5.44. The molecule has 2 aromatic carbocycles. The van der Waals surface area contributed by atoms with Crippen molar-refractivity contribution < 1.29 is 0 Å². The largest absolute Gasteiger partial charge is 0.405 e. The highest BCUT2D eigenvalue weighted by atomic mass is 14.9. The van der Waals surface area contributed by atoms with Gasteiger partial charge in [0, 0.05) is 12.7 Å². The predicted molar refractivity (Wildman–Crippen MR) is 111 cm³/mol. The number of aliphatic imine (C=N–C) groups is 1. The Hall–Kier alpha value is -3.07. The minimum Gasteiger partial charge on any atom is -0.405 e. The highest BCUT2D eigenvalue weighted by molar-refractivity contribution is 6.09. The van der Waals surface area contributed by atoms with Gasteiger partial charge in [-0.3, -0.25) is 4.99 Å². The second-order valence-electron chi connectivity index (χ2n) is 5.84. The highest BCUT2D eigenvalue weighted by Crippen LogP contribution is 2.20. The molecular formula is C22H25N3. The molecule has 0 saturated heterocycles. The van der Waals surface area contributed by atoms with Crippen molar-refractivity contribution >= 4 is 23.6 Å². The van der Waals surface area contributed by atoms with Crippen LogP contribution in [0.25, 0.3) is 12.2 Å². The van der Waals surface area contributed by atoms with Gasteiger partial charge >= 0.3 is 0 Å². The van der Waals surface area contributed by atoms with Crippen LogP contribution in [0.2, 0.25) is 0 Å². The van der Waals surface area contributed by atoms with Crippen LogP contribution >= 0.6 is 0 Å². The minimum atomic E-state index is 0.718. The molecule has 0 bridgehead atoms. The van der Waals surface area contributed by atoms with E-state index in [0.29, 0.717) is 0 Å². The van der Waals surface area contributed by atoms with Crippen molar-refractivity contribution in [2.24, 2.45) is 10.7 Å². The lowest BCUT2D eigenvalue weighted by Gasteiger charge is -2.12. The van der Waals surface area contributed by atoms with Gasteiger partial charge in [0.15, 0.2) is 0 Å². The Bertz CT molecular complexity index is 842. The number of hydrogen-bond donors (Lipinski definition) is 2. The second kappa shape index (κ2) is 8.69. The van der Waals surface area contributed by atoms with Crippen LogP contribution in [0.3, 0.4) is 0 Å². The van der Waals surface area contributed by atoms with Crippen LogP contribution in [0, 0.1) is 13.8 Å². The van der Waals surface area contributed by atoms with Gasteiger partial charge in [0.05, 0.1) is 11.4 Å². The summed E-state index contributed by atoms with van der Waals surface area (Å²) in [5, 5.41) is 3.30. The molecule has 0 amide bonds. The number of hydrogen-bond acceptors (Lipinski definition) is 3. The molecular weight excluding hydrogens is 306 g/mol. The van der Waals surface area contributed by atoms with Gasteiger partial charge in [0.25, 0.3) is 0 Å². The molecule has 0 aliphatic rings. The zero-order chi connectivity index (χ0) is 18.2. The molecule has 0 aliphatic heterocycles. The fourth-order valence-electron chi connectivity index (χ4n) is 2.52. The molecule has 0 spiro atoms. The Morgan fingerprint density at radius 3 is 2.48 bits per heavy atom. The molecule has 0 unspecified atom stereocenters. The van der Waals surface area contributed by atoms with Crippen LogP contribution in [0.1, 0.15) is 22.3 Å². The Labute approximate surface area is 150 Å². The molecule has 2 aromatic rings. The topological polar surface area (TPSA) is 50.4 Å². The molecule has 0 atom stereocenters. The zero-order valence-corrected chi connectivity index (χ0v) is 15.1. The van der Waals surface area contributed by atoms with E-state index in [1.54, 1.807) is 13.1 Å². The first-order valence-electron chi connectivity index (χ1n) is 8.21. The number of nitrogens with zero attached hydrogens (tertiary/aromatic N) is 1. The lowest BCUT2D eigenvalue weighted by molar-refractivity contribution is 1.38. The fraction of sp³-hybridized carbons (Fsp3) is 0.136. The maximum Gasteiger partial charge on any atom is 0.0813 e. The number of nitrogens with two attached hydrogens (primary N) is 1. The molecule has 3 heteroatoms. The molecule has 0 radical (unpaired) electrons. The van der Waals surface area contributed by atoms with E-state index in [2.05, 4.69) is 85.4 Å². The van der Waals surface area contributed by atoms with Gasteiger partial charge in [-0.1, -0.05) is 49.1 Å². The first-order chi connectivity index (χ1) is 12.0. The first kappa shape index (κ1) is 18.3. The van der Waals surface area contributed by atoms with Crippen molar-refractivity contribution in [1.29, 1.82) is 0 Å². The number of allylic oxidation sites excluding steroid dienone is 1. The SMILES string of the molecule is C=C(Nc1ccc(/C=C/c2ccccc2C)cc1C)C(C=CN)=NC. The molecule has 25 heavy (non-hydrogen) atoms. The summed E-state index contributed by atoms with van der Waals surface area (Å²) in [5.74, 6) is 0. The van der Waals surface area contributed by atoms with Gasteiger partial charge in [0.1, 0.15) is 0 Å². The molecule has 0 aromatic heterocycles. The monoisotopic (exact) mass is 331 g/mol. The third kappa shape index (κ3) is 4.95. The van der Waals surface area contributed by atoms with Gasteiger partial charge in [0.2, 0.25) is 0 Å². The Morgan fingerprint density at radius 2 is 1.84 bits per heavy atom. The lowest BCUT2D eigenvalue weighted by Crippen LogP contribution is -2.09. The average Bonchev–Trinajstić information content (AvgIpc) is 2.61. The maximum atomic E-state index is 5.44. The van der Waals surface area contributed by atoms with E-state index in [1.165, 1.54) is 17.3 Å². The first-order valence-corrected chi connectivity index (χ1v) is 8.21. The lowest BCUT2D eigenvalue weighted by atomic mass is 10.1. The third-order valence-corrected chi connectivity index (χ3v) is 3.98. The van der Waals surface area contributed by atoms with Crippen LogP contribution in [0.4, 0.5) is 5.69 Å². The summed E-state index contributed by atoms with van der Waals surface area (Å²) < 4.78 is 0. The van der Waals surface area contributed by atoms with Gasteiger partial charge in [-0.25, -0.2) is 0 Å². The second-order valence-corrected chi connectivity index (χ2v) is 5.84. The average molecular weight is 331 g/mol. The van der Waals surface area contributed by atoms with Crippen LogP contribution in [-0.4, -0.2) is 12.8 Å². The summed E-state index contributed by atoms with van der Waals surface area (Å²) in [6, 6.07) is 14.6. The Kier molecular flexibility index (Phi) is 6.35. The van der Waals surface area contributed by atoms with Crippen molar-refractivity contribution in [3.63, 3.8) is 0 Å². The van der Waals surface area contributed by atoms with E-state index in [4.69, 9.17) is 5.73 Å². The summed E-state index contributed by atoms with van der Waals surface area (Å²) >= 11 is 0. The van der Waals surface area contributed by atoms with Crippen LogP contribution in [-0.2, 0) is 0 Å². The van der Waals surface area contributed by atoms with E-state index < -0.39 is 0 Å².